The van der Waals surface area contributed by atoms with E-state index in [9.17, 15) is 9.59 Å². The molecule has 29 heavy (non-hydrogen) atoms. The molecule has 2 aliphatic rings. The smallest absolute Gasteiger partial charge is 0.254 e. The molecule has 9 heteroatoms. The number of carbonyl (C=O) groups excluding carboxylic acids is 1. The third-order valence-electron chi connectivity index (χ3n) is 6.26. The van der Waals surface area contributed by atoms with Crippen LogP contribution in [0.5, 0.6) is 0 Å². The molecule has 4 heterocycles. The number of likely N-dealkylation sites (tertiary alicyclic amines) is 1. The van der Waals surface area contributed by atoms with Crippen LogP contribution < -0.4 is 22.2 Å². The molecule has 156 valence electrons. The molecule has 5 N–H and O–H groups in total. The number of rotatable bonds is 3. The number of aromatic nitrogens is 2. The fourth-order valence-corrected chi connectivity index (χ4v) is 4.57. The molecule has 0 aliphatic carbocycles. The minimum atomic E-state index is -0.827. The van der Waals surface area contributed by atoms with Gasteiger partial charge in [-0.3, -0.25) is 9.59 Å². The lowest BCUT2D eigenvalue weighted by molar-refractivity contribution is 0.0998. The van der Waals surface area contributed by atoms with E-state index >= 15 is 4.39 Å². The first-order valence-electron chi connectivity index (χ1n) is 9.93. The summed E-state index contributed by atoms with van der Waals surface area (Å²) in [5.41, 5.74) is 10.9. The van der Waals surface area contributed by atoms with Crippen molar-refractivity contribution in [2.45, 2.75) is 51.1 Å². The lowest BCUT2D eigenvalue weighted by atomic mass is 10.0. The molecule has 2 aromatic heterocycles. The van der Waals surface area contributed by atoms with E-state index in [2.05, 4.69) is 22.2 Å². The van der Waals surface area contributed by atoms with Gasteiger partial charge in [-0.25, -0.2) is 9.37 Å². The molecule has 1 fully saturated rings. The number of hydrogen-bond acceptors (Lipinski definition) is 6. The average Bonchev–Trinajstić information content (AvgIpc) is 2.96. The largest absolute Gasteiger partial charge is 0.396 e. The molecule has 8 nitrogen and oxygen atoms in total. The Morgan fingerprint density at radius 3 is 2.59 bits per heavy atom. The van der Waals surface area contributed by atoms with Crippen molar-refractivity contribution in [3.63, 3.8) is 0 Å². The number of carbonyl (C=O) groups is 1. The van der Waals surface area contributed by atoms with Crippen LogP contribution in [-0.2, 0) is 12.0 Å². The summed E-state index contributed by atoms with van der Waals surface area (Å²) in [6.45, 7) is 5.80. The van der Waals surface area contributed by atoms with Gasteiger partial charge in [-0.15, -0.1) is 0 Å². The Hall–Kier alpha value is -2.68. The van der Waals surface area contributed by atoms with Crippen LogP contribution in [0.15, 0.2) is 4.79 Å². The van der Waals surface area contributed by atoms with Crippen molar-refractivity contribution in [1.29, 1.82) is 0 Å². The number of nitrogen functional groups attached to an aromatic ring is 1. The topological polar surface area (TPSA) is 119 Å². The van der Waals surface area contributed by atoms with E-state index in [1.807, 2.05) is 18.4 Å². The number of hydrogen-bond donors (Lipinski definition) is 3. The second kappa shape index (κ2) is 6.69. The van der Waals surface area contributed by atoms with Gasteiger partial charge in [0.15, 0.2) is 11.6 Å². The van der Waals surface area contributed by atoms with Gasteiger partial charge in [0.1, 0.15) is 11.2 Å². The van der Waals surface area contributed by atoms with E-state index in [0.29, 0.717) is 24.2 Å². The first-order valence-corrected chi connectivity index (χ1v) is 9.93. The Morgan fingerprint density at radius 2 is 1.97 bits per heavy atom. The number of nitrogens with two attached hydrogens (primary N) is 2. The first kappa shape index (κ1) is 19.6. The highest BCUT2D eigenvalue weighted by atomic mass is 19.1. The summed E-state index contributed by atoms with van der Waals surface area (Å²) in [7, 11) is 2.05. The molecule has 0 bridgehead atoms. The average molecular weight is 402 g/mol. The number of piperidine rings is 1. The maximum absolute atomic E-state index is 15.1. The minimum Gasteiger partial charge on any atom is -0.396 e. The third-order valence-corrected chi connectivity index (χ3v) is 6.26. The maximum atomic E-state index is 15.1. The van der Waals surface area contributed by atoms with Crippen LogP contribution in [0.3, 0.4) is 0 Å². The van der Waals surface area contributed by atoms with Crippen LogP contribution in [0.25, 0.3) is 11.0 Å². The molecular formula is C20H27FN6O2. The Balaban J connectivity index is 1.95. The zero-order valence-corrected chi connectivity index (χ0v) is 17.0. The van der Waals surface area contributed by atoms with Crippen molar-refractivity contribution in [3.05, 3.63) is 27.3 Å². The second-order valence-electron chi connectivity index (χ2n) is 8.77. The van der Waals surface area contributed by atoms with Crippen molar-refractivity contribution in [2.75, 3.05) is 31.2 Å². The zero-order valence-electron chi connectivity index (χ0n) is 17.0. The standard InChI is InChI=1S/C20H27FN6O2/c1-20(2)7-4-11-12(17(23)29)16(28)13-15(22)14(21)18(25-19(13)27(11)20)24-10-5-8-26(3)9-6-10/h10H,4-9H2,1-3H3,(H2,23,29)(H3,22,24,25). The maximum Gasteiger partial charge on any atom is 0.254 e. The summed E-state index contributed by atoms with van der Waals surface area (Å²) in [5.74, 6) is -1.54. The molecule has 1 saturated heterocycles. The van der Waals surface area contributed by atoms with Crippen LogP contribution >= 0.6 is 0 Å². The number of halogens is 1. The second-order valence-corrected chi connectivity index (χ2v) is 8.77. The van der Waals surface area contributed by atoms with Crippen LogP contribution in [0, 0.1) is 5.82 Å². The van der Waals surface area contributed by atoms with Gasteiger partial charge in [-0.2, -0.15) is 0 Å². The van der Waals surface area contributed by atoms with Gasteiger partial charge in [0.05, 0.1) is 11.1 Å². The van der Waals surface area contributed by atoms with Crippen LogP contribution in [0.4, 0.5) is 15.9 Å². The van der Waals surface area contributed by atoms with Gasteiger partial charge < -0.3 is 26.3 Å². The van der Waals surface area contributed by atoms with Crippen LogP contribution in [-0.4, -0.2) is 46.5 Å². The Labute approximate surface area is 168 Å². The van der Waals surface area contributed by atoms with Gasteiger partial charge in [-0.1, -0.05) is 0 Å². The number of nitrogens with one attached hydrogen (secondary N) is 1. The van der Waals surface area contributed by atoms with Crippen LogP contribution in [0.1, 0.15) is 49.2 Å². The normalized spacial score (nSPS) is 19.4. The van der Waals surface area contributed by atoms with Gasteiger partial charge >= 0.3 is 0 Å². The quantitative estimate of drug-likeness (QED) is 0.714. The molecule has 4 rings (SSSR count). The summed E-state index contributed by atoms with van der Waals surface area (Å²) in [4.78, 5) is 31.8. The van der Waals surface area contributed by atoms with Gasteiger partial charge in [0.2, 0.25) is 5.43 Å². The van der Waals surface area contributed by atoms with Crippen molar-refractivity contribution in [3.8, 4) is 0 Å². The van der Waals surface area contributed by atoms with Gasteiger partial charge in [0.25, 0.3) is 5.91 Å². The molecule has 2 aliphatic heterocycles. The highest BCUT2D eigenvalue weighted by Crippen LogP contribution is 2.37. The fraction of sp³-hybridized carbons (Fsp3) is 0.550. The lowest BCUT2D eigenvalue weighted by Gasteiger charge is -2.30. The van der Waals surface area contributed by atoms with E-state index in [0.717, 1.165) is 25.9 Å². The number of fused-ring (bicyclic) bond motifs is 3. The molecule has 0 radical (unpaired) electrons. The SMILES string of the molecule is CN1CCC(Nc2nc3c(c(N)c2F)c(=O)c(C(N)=O)c2n3C(C)(C)CC2)CC1. The van der Waals surface area contributed by atoms with Crippen LogP contribution in [0.2, 0.25) is 0 Å². The Kier molecular flexibility index (Phi) is 4.53. The lowest BCUT2D eigenvalue weighted by Crippen LogP contribution is -2.37. The van der Waals surface area contributed by atoms with Crippen molar-refractivity contribution in [2.24, 2.45) is 5.73 Å². The van der Waals surface area contributed by atoms with E-state index in [1.165, 1.54) is 0 Å². The van der Waals surface area contributed by atoms with E-state index in [1.54, 1.807) is 0 Å². The van der Waals surface area contributed by atoms with E-state index in [4.69, 9.17) is 11.5 Å². The summed E-state index contributed by atoms with van der Waals surface area (Å²) in [6, 6.07) is 0.0766. The number of nitrogens with zero attached hydrogens (tertiary/aromatic N) is 3. The van der Waals surface area contributed by atoms with Crippen molar-refractivity contribution >= 4 is 28.4 Å². The highest BCUT2D eigenvalue weighted by Gasteiger charge is 2.36. The van der Waals surface area contributed by atoms with E-state index < -0.39 is 22.7 Å². The predicted molar refractivity (Wildman–Crippen MR) is 111 cm³/mol. The van der Waals surface area contributed by atoms with E-state index in [-0.39, 0.29) is 28.5 Å². The zero-order chi connectivity index (χ0) is 21.1. The summed E-state index contributed by atoms with van der Waals surface area (Å²) in [6.07, 6.45) is 2.95. The van der Waals surface area contributed by atoms with Crippen molar-refractivity contribution < 1.29 is 9.18 Å². The number of anilines is 2. The molecule has 0 aromatic carbocycles. The molecular weight excluding hydrogens is 375 g/mol. The Bertz CT molecular complexity index is 1070. The molecule has 0 atom stereocenters. The first-order chi connectivity index (χ1) is 13.6. The molecule has 0 unspecified atom stereocenters. The highest BCUT2D eigenvalue weighted by molar-refractivity contribution is 6.00. The number of primary amides is 1. The van der Waals surface area contributed by atoms with Gasteiger partial charge in [0, 0.05) is 17.3 Å². The summed E-state index contributed by atoms with van der Waals surface area (Å²) in [5, 5.41) is 3.10. The molecule has 0 saturated carbocycles. The predicted octanol–water partition coefficient (Wildman–Crippen LogP) is 1.40. The third kappa shape index (κ3) is 3.04. The minimum absolute atomic E-state index is 0.0492. The summed E-state index contributed by atoms with van der Waals surface area (Å²) < 4.78 is 16.9. The fourth-order valence-electron chi connectivity index (χ4n) is 4.57. The molecule has 0 spiro atoms. The molecule has 2 aromatic rings. The Morgan fingerprint density at radius 1 is 1.31 bits per heavy atom. The van der Waals surface area contributed by atoms with Crippen molar-refractivity contribution in [1.82, 2.24) is 14.5 Å². The molecule has 1 amide bonds. The number of pyridine rings is 2. The summed E-state index contributed by atoms with van der Waals surface area (Å²) >= 11 is 0. The monoisotopic (exact) mass is 402 g/mol. The van der Waals surface area contributed by atoms with Gasteiger partial charge in [-0.05, 0) is 59.7 Å². The number of amides is 1.